The van der Waals surface area contributed by atoms with Crippen molar-refractivity contribution in [2.24, 2.45) is 5.10 Å². The topological polar surface area (TPSA) is 42.8 Å². The number of anilines is 1. The van der Waals surface area contributed by atoms with E-state index in [9.17, 15) is 8.78 Å². The molecule has 0 saturated carbocycles. The van der Waals surface area contributed by atoms with Crippen molar-refractivity contribution >= 4 is 11.9 Å². The second kappa shape index (κ2) is 8.12. The summed E-state index contributed by atoms with van der Waals surface area (Å²) in [6.45, 7) is 2.63. The van der Waals surface area contributed by atoms with Gasteiger partial charge in [0.2, 0.25) is 0 Å². The van der Waals surface area contributed by atoms with E-state index < -0.39 is 11.6 Å². The van der Waals surface area contributed by atoms with Gasteiger partial charge in [-0.2, -0.15) is 5.10 Å². The van der Waals surface area contributed by atoms with Crippen LogP contribution in [0.1, 0.15) is 18.9 Å². The molecule has 0 aromatic heterocycles. The Kier molecular flexibility index (Phi) is 5.91. The van der Waals surface area contributed by atoms with Crippen molar-refractivity contribution in [1.29, 1.82) is 0 Å². The number of hydrogen-bond acceptors (Lipinski definition) is 4. The van der Waals surface area contributed by atoms with Crippen molar-refractivity contribution in [1.82, 2.24) is 0 Å². The van der Waals surface area contributed by atoms with Gasteiger partial charge >= 0.3 is 0 Å². The molecule has 0 fully saturated rings. The van der Waals surface area contributed by atoms with Gasteiger partial charge < -0.3 is 9.47 Å². The first-order valence-corrected chi connectivity index (χ1v) is 7.19. The van der Waals surface area contributed by atoms with Crippen LogP contribution in [0.25, 0.3) is 0 Å². The van der Waals surface area contributed by atoms with Crippen LogP contribution in [0.15, 0.2) is 41.5 Å². The fourth-order valence-electron chi connectivity index (χ4n) is 1.85. The number of nitrogens with zero attached hydrogens (tertiary/aromatic N) is 1. The van der Waals surface area contributed by atoms with E-state index in [1.807, 2.05) is 6.92 Å². The van der Waals surface area contributed by atoms with Gasteiger partial charge in [0, 0.05) is 6.07 Å². The summed E-state index contributed by atoms with van der Waals surface area (Å²) >= 11 is 0. The molecule has 0 heterocycles. The van der Waals surface area contributed by atoms with E-state index in [4.69, 9.17) is 9.47 Å². The van der Waals surface area contributed by atoms with Crippen molar-refractivity contribution in [2.75, 3.05) is 19.1 Å². The molecule has 0 bridgehead atoms. The highest BCUT2D eigenvalue weighted by Crippen LogP contribution is 2.27. The maximum atomic E-state index is 13.5. The molecule has 0 aliphatic rings. The molecular formula is C17H18F2N2O2. The third kappa shape index (κ3) is 4.67. The lowest BCUT2D eigenvalue weighted by atomic mass is 10.2. The molecule has 0 spiro atoms. The van der Waals surface area contributed by atoms with Crippen LogP contribution in [0.5, 0.6) is 11.5 Å². The van der Waals surface area contributed by atoms with Crippen LogP contribution >= 0.6 is 0 Å². The summed E-state index contributed by atoms with van der Waals surface area (Å²) in [5.74, 6) is -0.0909. The standard InChI is InChI=1S/C17H18F2N2O2/c1-3-8-23-16-7-4-12(9-17(16)22-2)11-20-21-15-6-5-13(18)10-14(15)19/h4-7,9-11,21H,3,8H2,1-2H3/b20-11-. The number of nitrogens with one attached hydrogen (secondary N) is 1. The molecule has 2 aromatic carbocycles. The first kappa shape index (κ1) is 16.7. The summed E-state index contributed by atoms with van der Waals surface area (Å²) in [4.78, 5) is 0. The molecule has 0 saturated heterocycles. The Morgan fingerprint density at radius 1 is 1.13 bits per heavy atom. The molecule has 4 nitrogen and oxygen atoms in total. The largest absolute Gasteiger partial charge is 0.493 e. The van der Waals surface area contributed by atoms with Crippen LogP contribution in [0.4, 0.5) is 14.5 Å². The number of halogens is 2. The Hall–Kier alpha value is -2.63. The SMILES string of the molecule is CCCOc1ccc(/C=N\Nc2ccc(F)cc2F)cc1OC. The zero-order valence-corrected chi connectivity index (χ0v) is 13.0. The van der Waals surface area contributed by atoms with Gasteiger partial charge in [0.1, 0.15) is 5.82 Å². The van der Waals surface area contributed by atoms with Gasteiger partial charge in [0.05, 0.1) is 25.6 Å². The van der Waals surface area contributed by atoms with Gasteiger partial charge in [-0.3, -0.25) is 5.43 Å². The number of benzene rings is 2. The highest BCUT2D eigenvalue weighted by molar-refractivity contribution is 5.81. The Morgan fingerprint density at radius 2 is 1.96 bits per heavy atom. The molecule has 1 N–H and O–H groups in total. The van der Waals surface area contributed by atoms with Gasteiger partial charge in [-0.1, -0.05) is 6.92 Å². The van der Waals surface area contributed by atoms with E-state index in [0.29, 0.717) is 18.1 Å². The number of methoxy groups -OCH3 is 1. The van der Waals surface area contributed by atoms with Crippen LogP contribution in [0.2, 0.25) is 0 Å². The highest BCUT2D eigenvalue weighted by atomic mass is 19.1. The fourth-order valence-corrected chi connectivity index (χ4v) is 1.85. The first-order chi connectivity index (χ1) is 11.1. The summed E-state index contributed by atoms with van der Waals surface area (Å²) in [7, 11) is 1.56. The summed E-state index contributed by atoms with van der Waals surface area (Å²) < 4.78 is 37.1. The number of hydrogen-bond donors (Lipinski definition) is 1. The molecule has 0 radical (unpaired) electrons. The van der Waals surface area contributed by atoms with Gasteiger partial charge in [0.25, 0.3) is 0 Å². The molecule has 6 heteroatoms. The summed E-state index contributed by atoms with van der Waals surface area (Å²) in [6, 6.07) is 8.58. The molecule has 122 valence electrons. The zero-order chi connectivity index (χ0) is 16.7. The van der Waals surface area contributed by atoms with E-state index >= 15 is 0 Å². The molecule has 0 aliphatic heterocycles. The lowest BCUT2D eigenvalue weighted by Crippen LogP contribution is -1.99. The molecule has 0 unspecified atom stereocenters. The van der Waals surface area contributed by atoms with Crippen molar-refractivity contribution in [3.05, 3.63) is 53.6 Å². The average Bonchev–Trinajstić information content (AvgIpc) is 2.55. The normalized spacial score (nSPS) is 10.8. The lowest BCUT2D eigenvalue weighted by Gasteiger charge is -2.10. The van der Waals surface area contributed by atoms with Crippen molar-refractivity contribution < 1.29 is 18.3 Å². The van der Waals surface area contributed by atoms with Crippen LogP contribution < -0.4 is 14.9 Å². The van der Waals surface area contributed by atoms with E-state index in [2.05, 4.69) is 10.5 Å². The molecule has 2 aromatic rings. The predicted octanol–water partition coefficient (Wildman–Crippen LogP) is 4.21. The van der Waals surface area contributed by atoms with Crippen molar-refractivity contribution in [3.8, 4) is 11.5 Å². The average molecular weight is 320 g/mol. The smallest absolute Gasteiger partial charge is 0.161 e. The minimum atomic E-state index is -0.706. The number of rotatable bonds is 7. The maximum Gasteiger partial charge on any atom is 0.161 e. The van der Waals surface area contributed by atoms with E-state index in [1.54, 1.807) is 25.3 Å². The van der Waals surface area contributed by atoms with Gasteiger partial charge in [0.15, 0.2) is 17.3 Å². The number of ether oxygens (including phenoxy) is 2. The fraction of sp³-hybridized carbons (Fsp3) is 0.235. The zero-order valence-electron chi connectivity index (χ0n) is 13.0. The second-order valence-electron chi connectivity index (χ2n) is 4.75. The van der Waals surface area contributed by atoms with Crippen molar-refractivity contribution in [3.63, 3.8) is 0 Å². The molecule has 0 amide bonds. The van der Waals surface area contributed by atoms with Gasteiger partial charge in [-0.05, 0) is 42.3 Å². The first-order valence-electron chi connectivity index (χ1n) is 7.19. The minimum absolute atomic E-state index is 0.0949. The van der Waals surface area contributed by atoms with Crippen LogP contribution in [0, 0.1) is 11.6 Å². The lowest BCUT2D eigenvalue weighted by molar-refractivity contribution is 0.294. The Bertz CT molecular complexity index is 690. The molecule has 23 heavy (non-hydrogen) atoms. The Balaban J connectivity index is 2.07. The van der Waals surface area contributed by atoms with Gasteiger partial charge in [-0.15, -0.1) is 0 Å². The van der Waals surface area contributed by atoms with E-state index in [1.165, 1.54) is 12.3 Å². The van der Waals surface area contributed by atoms with Crippen LogP contribution in [0.3, 0.4) is 0 Å². The Morgan fingerprint density at radius 3 is 2.65 bits per heavy atom. The third-order valence-electron chi connectivity index (χ3n) is 2.98. The molecule has 0 atom stereocenters. The van der Waals surface area contributed by atoms with E-state index in [0.717, 1.165) is 24.1 Å². The van der Waals surface area contributed by atoms with Gasteiger partial charge in [-0.25, -0.2) is 8.78 Å². The van der Waals surface area contributed by atoms with Crippen LogP contribution in [-0.2, 0) is 0 Å². The predicted molar refractivity (Wildman–Crippen MR) is 86.4 cm³/mol. The summed E-state index contributed by atoms with van der Waals surface area (Å²) in [6.07, 6.45) is 2.41. The Labute approximate surface area is 133 Å². The minimum Gasteiger partial charge on any atom is -0.493 e. The highest BCUT2D eigenvalue weighted by Gasteiger charge is 2.05. The quantitative estimate of drug-likeness (QED) is 0.614. The summed E-state index contributed by atoms with van der Waals surface area (Å²) in [5.41, 5.74) is 3.38. The monoisotopic (exact) mass is 320 g/mol. The molecule has 2 rings (SSSR count). The van der Waals surface area contributed by atoms with Crippen molar-refractivity contribution in [2.45, 2.75) is 13.3 Å². The second-order valence-corrected chi connectivity index (χ2v) is 4.75. The molecular weight excluding hydrogens is 302 g/mol. The van der Waals surface area contributed by atoms with Crippen LogP contribution in [-0.4, -0.2) is 19.9 Å². The number of hydrazone groups is 1. The molecule has 0 aliphatic carbocycles. The maximum absolute atomic E-state index is 13.5. The van der Waals surface area contributed by atoms with E-state index in [-0.39, 0.29) is 5.69 Å². The summed E-state index contributed by atoms with van der Waals surface area (Å²) in [5, 5.41) is 3.94. The third-order valence-corrected chi connectivity index (χ3v) is 2.98.